The van der Waals surface area contributed by atoms with Gasteiger partial charge in [-0.2, -0.15) is 0 Å². The van der Waals surface area contributed by atoms with Crippen LogP contribution in [0, 0.1) is 0 Å². The minimum Gasteiger partial charge on any atom is -0.486 e. The van der Waals surface area contributed by atoms with E-state index in [1.165, 1.54) is 0 Å². The van der Waals surface area contributed by atoms with Gasteiger partial charge in [0, 0.05) is 12.1 Å². The first kappa shape index (κ1) is 20.7. The molecule has 2 aromatic carbocycles. The van der Waals surface area contributed by atoms with Gasteiger partial charge in [-0.3, -0.25) is 9.59 Å². The lowest BCUT2D eigenvalue weighted by Gasteiger charge is -2.35. The van der Waals surface area contributed by atoms with Gasteiger partial charge in [0.1, 0.15) is 13.2 Å². The first-order chi connectivity index (χ1) is 13.8. The van der Waals surface area contributed by atoms with Crippen molar-refractivity contribution in [1.82, 2.24) is 4.90 Å². The number of ether oxygens (including phenoxy) is 3. The summed E-state index contributed by atoms with van der Waals surface area (Å²) in [6.07, 6.45) is 0.0676. The van der Waals surface area contributed by atoms with E-state index >= 15 is 0 Å². The Morgan fingerprint density at radius 2 is 1.66 bits per heavy atom. The van der Waals surface area contributed by atoms with Gasteiger partial charge in [0.15, 0.2) is 18.1 Å². The van der Waals surface area contributed by atoms with Gasteiger partial charge in [-0.1, -0.05) is 36.4 Å². The van der Waals surface area contributed by atoms with Crippen LogP contribution in [0.1, 0.15) is 31.9 Å². The Balaban J connectivity index is 1.57. The van der Waals surface area contributed by atoms with Gasteiger partial charge in [-0.05, 0) is 44.0 Å². The average molecular weight is 397 g/mol. The Labute approximate surface area is 171 Å². The van der Waals surface area contributed by atoms with Crippen molar-refractivity contribution in [2.45, 2.75) is 39.3 Å². The van der Waals surface area contributed by atoms with Crippen molar-refractivity contribution in [1.29, 1.82) is 0 Å². The van der Waals surface area contributed by atoms with Crippen LogP contribution in [0.4, 0.5) is 0 Å². The Kier molecular flexibility index (Phi) is 6.42. The number of carbonyl (C=O) groups excluding carboxylic acids is 2. The second-order valence-corrected chi connectivity index (χ2v) is 7.95. The summed E-state index contributed by atoms with van der Waals surface area (Å²) in [5.41, 5.74) is 1.39. The average Bonchev–Trinajstić information content (AvgIpc) is 2.70. The standard InChI is InChI=1S/C23H27NO5/c1-23(2,3)24(15-17-7-5-4-6-8-17)21(25)16-29-22(26)14-18-9-10-19-20(13-18)28-12-11-27-19/h4-10,13H,11-12,14-16H2,1-3H3. The molecule has 6 nitrogen and oxygen atoms in total. The van der Waals surface area contributed by atoms with Crippen LogP contribution in [-0.4, -0.2) is 42.1 Å². The van der Waals surface area contributed by atoms with E-state index in [0.29, 0.717) is 31.3 Å². The van der Waals surface area contributed by atoms with E-state index in [4.69, 9.17) is 14.2 Å². The molecule has 6 heteroatoms. The van der Waals surface area contributed by atoms with Gasteiger partial charge in [0.25, 0.3) is 5.91 Å². The third-order valence-corrected chi connectivity index (χ3v) is 4.61. The fourth-order valence-electron chi connectivity index (χ4n) is 3.10. The fourth-order valence-corrected chi connectivity index (χ4v) is 3.10. The summed E-state index contributed by atoms with van der Waals surface area (Å²) in [4.78, 5) is 26.7. The molecule has 0 unspecified atom stereocenters. The maximum absolute atomic E-state index is 12.8. The third-order valence-electron chi connectivity index (χ3n) is 4.61. The van der Waals surface area contributed by atoms with E-state index in [1.807, 2.05) is 51.1 Å². The summed E-state index contributed by atoms with van der Waals surface area (Å²) >= 11 is 0. The highest BCUT2D eigenvalue weighted by atomic mass is 16.6. The normalized spacial score (nSPS) is 12.9. The topological polar surface area (TPSA) is 65.1 Å². The molecule has 0 N–H and O–H groups in total. The van der Waals surface area contributed by atoms with E-state index in [9.17, 15) is 9.59 Å². The number of hydrogen-bond acceptors (Lipinski definition) is 5. The third kappa shape index (κ3) is 5.73. The van der Waals surface area contributed by atoms with Crippen LogP contribution >= 0.6 is 0 Å². The lowest BCUT2D eigenvalue weighted by molar-refractivity contribution is -0.154. The molecule has 0 bridgehead atoms. The molecule has 3 rings (SSSR count). The SMILES string of the molecule is CC(C)(C)N(Cc1ccccc1)C(=O)COC(=O)Cc1ccc2c(c1)OCCO2. The van der Waals surface area contributed by atoms with Crippen LogP contribution in [0.15, 0.2) is 48.5 Å². The summed E-state index contributed by atoms with van der Waals surface area (Å²) in [5.74, 6) is 0.616. The second kappa shape index (κ2) is 8.99. The molecule has 1 amide bonds. The van der Waals surface area contributed by atoms with Crippen LogP contribution in [0.5, 0.6) is 11.5 Å². The largest absolute Gasteiger partial charge is 0.486 e. The monoisotopic (exact) mass is 397 g/mol. The van der Waals surface area contributed by atoms with E-state index in [-0.39, 0.29) is 18.9 Å². The highest BCUT2D eigenvalue weighted by Gasteiger charge is 2.27. The Hall–Kier alpha value is -3.02. The molecule has 1 aliphatic rings. The van der Waals surface area contributed by atoms with Crippen molar-refractivity contribution < 1.29 is 23.8 Å². The minimum atomic E-state index is -0.455. The maximum atomic E-state index is 12.8. The number of carbonyl (C=O) groups is 2. The second-order valence-electron chi connectivity index (χ2n) is 7.95. The highest BCUT2D eigenvalue weighted by molar-refractivity contribution is 5.82. The van der Waals surface area contributed by atoms with E-state index in [1.54, 1.807) is 23.1 Å². The van der Waals surface area contributed by atoms with Gasteiger partial charge in [-0.15, -0.1) is 0 Å². The first-order valence-electron chi connectivity index (χ1n) is 9.71. The number of amides is 1. The summed E-state index contributed by atoms with van der Waals surface area (Å²) in [6, 6.07) is 15.1. The van der Waals surface area contributed by atoms with E-state index in [0.717, 1.165) is 11.1 Å². The Morgan fingerprint density at radius 1 is 0.966 bits per heavy atom. The maximum Gasteiger partial charge on any atom is 0.310 e. The van der Waals surface area contributed by atoms with E-state index in [2.05, 4.69) is 0 Å². The summed E-state index contributed by atoms with van der Waals surface area (Å²) in [5, 5.41) is 0. The van der Waals surface area contributed by atoms with Gasteiger partial charge >= 0.3 is 5.97 Å². The zero-order valence-corrected chi connectivity index (χ0v) is 17.1. The molecule has 0 aromatic heterocycles. The molecule has 0 aliphatic carbocycles. The zero-order chi connectivity index (χ0) is 20.9. The number of esters is 1. The smallest absolute Gasteiger partial charge is 0.310 e. The van der Waals surface area contributed by atoms with Crippen molar-refractivity contribution in [3.63, 3.8) is 0 Å². The van der Waals surface area contributed by atoms with Crippen molar-refractivity contribution >= 4 is 11.9 Å². The van der Waals surface area contributed by atoms with Crippen LogP contribution in [0.3, 0.4) is 0 Å². The molecule has 1 heterocycles. The first-order valence-corrected chi connectivity index (χ1v) is 9.71. The fraction of sp³-hybridized carbons (Fsp3) is 0.391. The number of benzene rings is 2. The van der Waals surface area contributed by atoms with Gasteiger partial charge in [0.05, 0.1) is 6.42 Å². The number of rotatable bonds is 6. The number of nitrogens with zero attached hydrogens (tertiary/aromatic N) is 1. The molecule has 0 fully saturated rings. The Bertz CT molecular complexity index is 857. The lowest BCUT2D eigenvalue weighted by Crippen LogP contribution is -2.46. The van der Waals surface area contributed by atoms with Crippen LogP contribution in [0.2, 0.25) is 0 Å². The summed E-state index contributed by atoms with van der Waals surface area (Å²) in [7, 11) is 0. The molecule has 154 valence electrons. The number of fused-ring (bicyclic) bond motifs is 1. The van der Waals surface area contributed by atoms with Crippen LogP contribution in [0.25, 0.3) is 0 Å². The lowest BCUT2D eigenvalue weighted by atomic mass is 10.0. The Morgan fingerprint density at radius 3 is 2.34 bits per heavy atom. The zero-order valence-electron chi connectivity index (χ0n) is 17.1. The quantitative estimate of drug-likeness (QED) is 0.700. The molecule has 0 atom stereocenters. The molecular formula is C23H27NO5. The molecule has 1 aliphatic heterocycles. The van der Waals surface area contributed by atoms with Gasteiger partial charge in [0.2, 0.25) is 0 Å². The number of hydrogen-bond donors (Lipinski definition) is 0. The van der Waals surface area contributed by atoms with E-state index < -0.39 is 11.5 Å². The summed E-state index contributed by atoms with van der Waals surface area (Å²) in [6.45, 7) is 7.07. The van der Waals surface area contributed by atoms with Gasteiger partial charge < -0.3 is 19.1 Å². The molecule has 0 saturated heterocycles. The van der Waals surface area contributed by atoms with Crippen LogP contribution < -0.4 is 9.47 Å². The molecule has 29 heavy (non-hydrogen) atoms. The van der Waals surface area contributed by atoms with Gasteiger partial charge in [-0.25, -0.2) is 0 Å². The molecule has 0 radical (unpaired) electrons. The van der Waals surface area contributed by atoms with Crippen LogP contribution in [-0.2, 0) is 27.3 Å². The van der Waals surface area contributed by atoms with Crippen molar-refractivity contribution in [2.24, 2.45) is 0 Å². The molecule has 0 spiro atoms. The van der Waals surface area contributed by atoms with Crippen molar-refractivity contribution in [3.05, 3.63) is 59.7 Å². The van der Waals surface area contributed by atoms with Crippen molar-refractivity contribution in [3.8, 4) is 11.5 Å². The highest BCUT2D eigenvalue weighted by Crippen LogP contribution is 2.30. The molecule has 2 aromatic rings. The minimum absolute atomic E-state index is 0.0676. The molecule has 0 saturated carbocycles. The molecular weight excluding hydrogens is 370 g/mol. The van der Waals surface area contributed by atoms with Crippen molar-refractivity contribution in [2.75, 3.05) is 19.8 Å². The summed E-state index contributed by atoms with van der Waals surface area (Å²) < 4.78 is 16.3. The predicted molar refractivity (Wildman–Crippen MR) is 109 cm³/mol. The predicted octanol–water partition coefficient (Wildman–Crippen LogP) is 3.37.